The molecule has 0 saturated carbocycles. The maximum Gasteiger partial charge on any atom is 0.141 e. The zero-order chi connectivity index (χ0) is 13.4. The Bertz CT molecular complexity index is 831. The Morgan fingerprint density at radius 1 is 1.00 bits per heavy atom. The van der Waals surface area contributed by atoms with Gasteiger partial charge in [0, 0.05) is 10.8 Å². The highest BCUT2D eigenvalue weighted by molar-refractivity contribution is 6.13. The molecule has 0 aliphatic carbocycles. The highest BCUT2D eigenvalue weighted by atomic mass is 16.5. The van der Waals surface area contributed by atoms with Crippen LogP contribution in [-0.2, 0) is 0 Å². The minimum atomic E-state index is 0.0267. The van der Waals surface area contributed by atoms with Gasteiger partial charge < -0.3 is 9.84 Å². The minimum Gasteiger partial charge on any atom is -0.506 e. The summed E-state index contributed by atoms with van der Waals surface area (Å²) >= 11 is 0. The summed E-state index contributed by atoms with van der Waals surface area (Å²) in [5, 5.41) is 22.8. The van der Waals surface area contributed by atoms with Gasteiger partial charge in [0.2, 0.25) is 0 Å². The maximum atomic E-state index is 10.2. The Balaban J connectivity index is 2.59. The zero-order valence-electron chi connectivity index (χ0n) is 10.3. The van der Waals surface area contributed by atoms with E-state index in [0.717, 1.165) is 10.8 Å². The van der Waals surface area contributed by atoms with Crippen LogP contribution in [0.15, 0.2) is 42.5 Å². The van der Waals surface area contributed by atoms with Crippen molar-refractivity contribution in [3.8, 4) is 17.6 Å². The van der Waals surface area contributed by atoms with Gasteiger partial charge in [-0.25, -0.2) is 0 Å². The fraction of sp³-hybridized carbons (Fsp3) is 0.0625. The molecule has 0 heterocycles. The number of hydrogen-bond acceptors (Lipinski definition) is 3. The van der Waals surface area contributed by atoms with E-state index in [-0.39, 0.29) is 11.3 Å². The first kappa shape index (κ1) is 11.4. The Kier molecular flexibility index (Phi) is 2.50. The van der Waals surface area contributed by atoms with Gasteiger partial charge in [0.1, 0.15) is 23.1 Å². The third kappa shape index (κ3) is 1.58. The number of methoxy groups -OCH3 is 1. The van der Waals surface area contributed by atoms with Gasteiger partial charge in [0.05, 0.1) is 7.11 Å². The molecular formula is C16H11NO2. The molecule has 3 aromatic rings. The van der Waals surface area contributed by atoms with Crippen LogP contribution >= 0.6 is 0 Å². The van der Waals surface area contributed by atoms with Gasteiger partial charge in [-0.05, 0) is 22.9 Å². The van der Waals surface area contributed by atoms with Crippen LogP contribution in [0.3, 0.4) is 0 Å². The van der Waals surface area contributed by atoms with Crippen molar-refractivity contribution < 1.29 is 9.84 Å². The number of nitrogens with zero attached hydrogens (tertiary/aromatic N) is 1. The van der Waals surface area contributed by atoms with E-state index in [1.54, 1.807) is 13.2 Å². The molecule has 0 fully saturated rings. The highest BCUT2D eigenvalue weighted by Crippen LogP contribution is 2.38. The molecule has 0 aromatic heterocycles. The van der Waals surface area contributed by atoms with Crippen molar-refractivity contribution in [2.45, 2.75) is 0 Å². The quantitative estimate of drug-likeness (QED) is 0.670. The molecule has 1 N–H and O–H groups in total. The van der Waals surface area contributed by atoms with Crippen molar-refractivity contribution in [2.24, 2.45) is 0 Å². The molecule has 19 heavy (non-hydrogen) atoms. The molecule has 0 radical (unpaired) electrons. The summed E-state index contributed by atoms with van der Waals surface area (Å²) in [6, 6.07) is 15.1. The maximum absolute atomic E-state index is 10.2. The molecule has 0 atom stereocenters. The van der Waals surface area contributed by atoms with Crippen LogP contribution in [0.25, 0.3) is 21.5 Å². The number of hydrogen-bond donors (Lipinski definition) is 1. The predicted molar refractivity (Wildman–Crippen MR) is 74.4 cm³/mol. The summed E-state index contributed by atoms with van der Waals surface area (Å²) in [6.07, 6.45) is 0. The second kappa shape index (κ2) is 4.18. The summed E-state index contributed by atoms with van der Waals surface area (Å²) < 4.78 is 5.18. The Morgan fingerprint density at radius 3 is 2.37 bits per heavy atom. The average molecular weight is 249 g/mol. The molecule has 0 aliphatic heterocycles. The topological polar surface area (TPSA) is 53.2 Å². The Labute approximate surface area is 110 Å². The number of phenolic OH excluding ortho intramolecular Hbond substituents is 1. The minimum absolute atomic E-state index is 0.0267. The third-order valence-corrected chi connectivity index (χ3v) is 3.32. The number of rotatable bonds is 1. The van der Waals surface area contributed by atoms with Crippen LogP contribution in [0.1, 0.15) is 5.56 Å². The third-order valence-electron chi connectivity index (χ3n) is 3.32. The predicted octanol–water partition coefficient (Wildman–Crippen LogP) is 3.58. The van der Waals surface area contributed by atoms with Gasteiger partial charge in [-0.15, -0.1) is 0 Å². The number of aromatic hydroxyl groups is 1. The van der Waals surface area contributed by atoms with Gasteiger partial charge in [-0.2, -0.15) is 5.26 Å². The fourth-order valence-electron chi connectivity index (χ4n) is 2.39. The van der Waals surface area contributed by atoms with Crippen LogP contribution in [-0.4, -0.2) is 12.2 Å². The fourth-order valence-corrected chi connectivity index (χ4v) is 2.39. The van der Waals surface area contributed by atoms with Crippen molar-refractivity contribution in [3.63, 3.8) is 0 Å². The van der Waals surface area contributed by atoms with Crippen molar-refractivity contribution >= 4 is 21.5 Å². The lowest BCUT2D eigenvalue weighted by atomic mass is 9.96. The second-order valence-corrected chi connectivity index (χ2v) is 4.29. The zero-order valence-corrected chi connectivity index (χ0v) is 10.3. The van der Waals surface area contributed by atoms with E-state index >= 15 is 0 Å². The second-order valence-electron chi connectivity index (χ2n) is 4.29. The number of ether oxygens (including phenoxy) is 1. The number of nitriles is 1. The molecule has 3 rings (SSSR count). The summed E-state index contributed by atoms with van der Waals surface area (Å²) in [7, 11) is 1.58. The Morgan fingerprint density at radius 2 is 1.68 bits per heavy atom. The van der Waals surface area contributed by atoms with Crippen molar-refractivity contribution in [3.05, 3.63) is 48.0 Å². The van der Waals surface area contributed by atoms with Crippen molar-refractivity contribution in [1.29, 1.82) is 5.26 Å². The molecule has 0 amide bonds. The smallest absolute Gasteiger partial charge is 0.141 e. The van der Waals surface area contributed by atoms with E-state index in [0.29, 0.717) is 16.5 Å². The van der Waals surface area contributed by atoms with Crippen LogP contribution in [0.4, 0.5) is 0 Å². The molecule has 92 valence electrons. The molecule has 0 saturated heterocycles. The first-order valence-corrected chi connectivity index (χ1v) is 5.87. The van der Waals surface area contributed by atoms with E-state index in [9.17, 15) is 10.4 Å². The van der Waals surface area contributed by atoms with E-state index in [1.807, 2.05) is 36.4 Å². The van der Waals surface area contributed by atoms with E-state index in [1.165, 1.54) is 0 Å². The molecule has 0 aliphatic rings. The largest absolute Gasteiger partial charge is 0.506 e. The van der Waals surface area contributed by atoms with Gasteiger partial charge in [-0.1, -0.05) is 30.3 Å². The molecule has 3 heteroatoms. The molecule has 3 aromatic carbocycles. The van der Waals surface area contributed by atoms with Crippen molar-refractivity contribution in [2.75, 3.05) is 7.11 Å². The lowest BCUT2D eigenvalue weighted by Crippen LogP contribution is -1.88. The van der Waals surface area contributed by atoms with E-state index in [4.69, 9.17) is 4.74 Å². The van der Waals surface area contributed by atoms with Crippen LogP contribution in [0.2, 0.25) is 0 Å². The van der Waals surface area contributed by atoms with E-state index < -0.39 is 0 Å². The monoisotopic (exact) mass is 249 g/mol. The van der Waals surface area contributed by atoms with Gasteiger partial charge in [0.15, 0.2) is 0 Å². The molecule has 0 unspecified atom stereocenters. The number of fused-ring (bicyclic) bond motifs is 3. The molecule has 0 spiro atoms. The summed E-state index contributed by atoms with van der Waals surface area (Å²) in [5.41, 5.74) is 0.285. The standard InChI is InChI=1S/C16H11NO2/c1-19-10-6-7-12-11-4-2-3-5-13(11)16(18)15(9-17)14(12)8-10/h2-8,18H,1H3. The first-order valence-electron chi connectivity index (χ1n) is 5.87. The highest BCUT2D eigenvalue weighted by Gasteiger charge is 2.13. The summed E-state index contributed by atoms with van der Waals surface area (Å²) in [5.74, 6) is 0.692. The molecular weight excluding hydrogens is 238 g/mol. The average Bonchev–Trinajstić information content (AvgIpc) is 2.47. The SMILES string of the molecule is COc1ccc2c(c1)c(C#N)c(O)c1ccccc12. The lowest BCUT2D eigenvalue weighted by Gasteiger charge is -2.10. The lowest BCUT2D eigenvalue weighted by molar-refractivity contribution is 0.415. The summed E-state index contributed by atoms with van der Waals surface area (Å²) in [4.78, 5) is 0. The first-order chi connectivity index (χ1) is 9.26. The number of phenols is 1. The van der Waals surface area contributed by atoms with Crippen LogP contribution in [0, 0.1) is 11.3 Å². The van der Waals surface area contributed by atoms with Gasteiger partial charge >= 0.3 is 0 Å². The van der Waals surface area contributed by atoms with Crippen LogP contribution < -0.4 is 4.74 Å². The Hall–Kier alpha value is -2.73. The van der Waals surface area contributed by atoms with Gasteiger partial charge in [0.25, 0.3) is 0 Å². The number of benzene rings is 3. The van der Waals surface area contributed by atoms with Crippen LogP contribution in [0.5, 0.6) is 11.5 Å². The van der Waals surface area contributed by atoms with E-state index in [2.05, 4.69) is 6.07 Å². The van der Waals surface area contributed by atoms with Crippen molar-refractivity contribution in [1.82, 2.24) is 0 Å². The van der Waals surface area contributed by atoms with Gasteiger partial charge in [-0.3, -0.25) is 0 Å². The molecule has 0 bridgehead atoms. The summed E-state index contributed by atoms with van der Waals surface area (Å²) in [6.45, 7) is 0. The molecule has 3 nitrogen and oxygen atoms in total. The normalized spacial score (nSPS) is 10.5.